The number of urea groups is 1. The van der Waals surface area contributed by atoms with E-state index in [4.69, 9.17) is 11.6 Å². The molecule has 0 unspecified atom stereocenters. The Labute approximate surface area is 158 Å². The molecule has 26 heavy (non-hydrogen) atoms. The number of benzene rings is 1. The number of hydrazine groups is 1. The highest BCUT2D eigenvalue weighted by Crippen LogP contribution is 2.20. The van der Waals surface area contributed by atoms with Crippen LogP contribution in [0.25, 0.3) is 0 Å². The number of carbonyl (C=O) groups is 1. The lowest BCUT2D eigenvalue weighted by atomic mass is 10.2. The lowest BCUT2D eigenvalue weighted by Crippen LogP contribution is -2.45. The van der Waals surface area contributed by atoms with E-state index in [0.717, 1.165) is 40.6 Å². The van der Waals surface area contributed by atoms with Gasteiger partial charge in [-0.3, -0.25) is 15.5 Å². The Balaban J connectivity index is 1.69. The summed E-state index contributed by atoms with van der Waals surface area (Å²) < 4.78 is 1.95. The molecule has 0 radical (unpaired) electrons. The third kappa shape index (κ3) is 4.17. The number of amides is 2. The summed E-state index contributed by atoms with van der Waals surface area (Å²) in [5, 5.41) is 8.38. The van der Waals surface area contributed by atoms with Crippen LogP contribution in [0.3, 0.4) is 0 Å². The SMILES string of the molecule is Cc1nn(Cc2ccccc2Cl)c(C)c1CN(C)C(=O)NC1CNNC1. The fourth-order valence-electron chi connectivity index (χ4n) is 3.06. The summed E-state index contributed by atoms with van der Waals surface area (Å²) in [6.07, 6.45) is 0. The smallest absolute Gasteiger partial charge is 0.317 e. The monoisotopic (exact) mass is 376 g/mol. The van der Waals surface area contributed by atoms with E-state index in [9.17, 15) is 4.79 Å². The van der Waals surface area contributed by atoms with Gasteiger partial charge in [-0.1, -0.05) is 29.8 Å². The molecule has 1 aromatic heterocycles. The van der Waals surface area contributed by atoms with Gasteiger partial charge in [0.15, 0.2) is 0 Å². The Morgan fingerprint density at radius 3 is 2.73 bits per heavy atom. The van der Waals surface area contributed by atoms with Crippen molar-refractivity contribution in [3.63, 3.8) is 0 Å². The molecule has 0 bridgehead atoms. The molecule has 3 N–H and O–H groups in total. The van der Waals surface area contributed by atoms with Gasteiger partial charge < -0.3 is 10.2 Å². The average Bonchev–Trinajstić information content (AvgIpc) is 3.20. The van der Waals surface area contributed by atoms with Crippen LogP contribution in [0.5, 0.6) is 0 Å². The minimum Gasteiger partial charge on any atom is -0.333 e. The zero-order valence-corrected chi connectivity index (χ0v) is 16.1. The van der Waals surface area contributed by atoms with Crippen LogP contribution in [0, 0.1) is 13.8 Å². The van der Waals surface area contributed by atoms with Crippen molar-refractivity contribution in [2.75, 3.05) is 20.1 Å². The van der Waals surface area contributed by atoms with E-state index in [1.165, 1.54) is 0 Å². The van der Waals surface area contributed by atoms with Crippen LogP contribution in [-0.2, 0) is 13.1 Å². The first-order chi connectivity index (χ1) is 12.5. The molecule has 7 nitrogen and oxygen atoms in total. The molecule has 2 amide bonds. The van der Waals surface area contributed by atoms with Crippen LogP contribution in [0.4, 0.5) is 4.79 Å². The highest BCUT2D eigenvalue weighted by atomic mass is 35.5. The molecule has 0 atom stereocenters. The normalized spacial score (nSPS) is 14.6. The fourth-order valence-corrected chi connectivity index (χ4v) is 3.26. The van der Waals surface area contributed by atoms with Gasteiger partial charge in [-0.05, 0) is 25.5 Å². The topological polar surface area (TPSA) is 74.2 Å². The van der Waals surface area contributed by atoms with Crippen molar-refractivity contribution in [3.05, 3.63) is 51.8 Å². The fraction of sp³-hybridized carbons (Fsp3) is 0.444. The van der Waals surface area contributed by atoms with Gasteiger partial charge in [0, 0.05) is 36.4 Å². The number of aromatic nitrogens is 2. The van der Waals surface area contributed by atoms with Gasteiger partial charge in [0.2, 0.25) is 0 Å². The number of hydrogen-bond donors (Lipinski definition) is 3. The molecule has 1 fully saturated rings. The minimum absolute atomic E-state index is 0.0850. The molecule has 1 saturated heterocycles. The summed E-state index contributed by atoms with van der Waals surface area (Å²) in [4.78, 5) is 14.1. The van der Waals surface area contributed by atoms with Crippen LogP contribution in [0.1, 0.15) is 22.5 Å². The highest BCUT2D eigenvalue weighted by Gasteiger charge is 2.21. The van der Waals surface area contributed by atoms with Crippen molar-refractivity contribution >= 4 is 17.6 Å². The number of carbonyl (C=O) groups excluding carboxylic acids is 1. The standard InChI is InChI=1S/C18H25ClN6O/c1-12-16(11-24(3)18(26)22-15-8-20-21-9-15)13(2)25(23-12)10-14-6-4-5-7-17(14)19/h4-7,15,20-21H,8-11H2,1-3H3,(H,22,26). The Hall–Kier alpha value is -2.09. The number of nitrogens with zero attached hydrogens (tertiary/aromatic N) is 3. The maximum atomic E-state index is 12.4. The summed E-state index contributed by atoms with van der Waals surface area (Å²) in [5.41, 5.74) is 10.1. The molecule has 0 saturated carbocycles. The van der Waals surface area contributed by atoms with Crippen LogP contribution in [0.2, 0.25) is 5.02 Å². The van der Waals surface area contributed by atoms with Crippen LogP contribution in [0.15, 0.2) is 24.3 Å². The molecule has 2 heterocycles. The van der Waals surface area contributed by atoms with Crippen molar-refractivity contribution in [2.45, 2.75) is 33.0 Å². The van der Waals surface area contributed by atoms with Crippen molar-refractivity contribution in [2.24, 2.45) is 0 Å². The Morgan fingerprint density at radius 1 is 1.35 bits per heavy atom. The first-order valence-electron chi connectivity index (χ1n) is 8.69. The van der Waals surface area contributed by atoms with Gasteiger partial charge in [-0.25, -0.2) is 4.79 Å². The maximum absolute atomic E-state index is 12.4. The largest absolute Gasteiger partial charge is 0.333 e. The number of nitrogens with one attached hydrogen (secondary N) is 3. The van der Waals surface area contributed by atoms with Gasteiger partial charge in [-0.15, -0.1) is 0 Å². The first kappa shape index (κ1) is 18.7. The molecule has 1 aliphatic rings. The van der Waals surface area contributed by atoms with Crippen molar-refractivity contribution in [1.29, 1.82) is 0 Å². The zero-order valence-electron chi connectivity index (χ0n) is 15.3. The number of rotatable bonds is 5. The van der Waals surface area contributed by atoms with E-state index < -0.39 is 0 Å². The summed E-state index contributed by atoms with van der Waals surface area (Å²) in [7, 11) is 1.80. The van der Waals surface area contributed by atoms with Crippen LogP contribution < -0.4 is 16.2 Å². The Kier molecular flexibility index (Phi) is 5.80. The lowest BCUT2D eigenvalue weighted by Gasteiger charge is -2.20. The second-order valence-corrected chi connectivity index (χ2v) is 7.07. The number of halogens is 1. The molecular formula is C18H25ClN6O. The van der Waals surface area contributed by atoms with E-state index in [1.807, 2.05) is 42.8 Å². The van der Waals surface area contributed by atoms with Gasteiger partial charge in [0.05, 0.1) is 24.8 Å². The molecule has 8 heteroatoms. The van der Waals surface area contributed by atoms with Crippen LogP contribution >= 0.6 is 11.6 Å². The Morgan fingerprint density at radius 2 is 2.04 bits per heavy atom. The van der Waals surface area contributed by atoms with Gasteiger partial charge in [0.1, 0.15) is 0 Å². The Bertz CT molecular complexity index is 784. The quantitative estimate of drug-likeness (QED) is 0.744. The van der Waals surface area contributed by atoms with Crippen LogP contribution in [-0.4, -0.2) is 46.9 Å². The predicted molar refractivity (Wildman–Crippen MR) is 102 cm³/mol. The molecular weight excluding hydrogens is 352 g/mol. The van der Waals surface area contributed by atoms with Gasteiger partial charge in [0.25, 0.3) is 0 Å². The molecule has 1 aromatic carbocycles. The summed E-state index contributed by atoms with van der Waals surface area (Å²) in [6.45, 7) is 6.59. The second kappa shape index (κ2) is 8.07. The first-order valence-corrected chi connectivity index (χ1v) is 9.07. The highest BCUT2D eigenvalue weighted by molar-refractivity contribution is 6.31. The van der Waals surface area contributed by atoms with E-state index in [-0.39, 0.29) is 12.1 Å². The van der Waals surface area contributed by atoms with Crippen molar-refractivity contribution in [3.8, 4) is 0 Å². The predicted octanol–water partition coefficient (Wildman–Crippen LogP) is 1.82. The van der Waals surface area contributed by atoms with Gasteiger partial charge in [-0.2, -0.15) is 5.10 Å². The average molecular weight is 377 g/mol. The molecule has 0 aliphatic carbocycles. The van der Waals surface area contributed by atoms with E-state index in [2.05, 4.69) is 21.3 Å². The number of aryl methyl sites for hydroxylation is 1. The molecule has 0 spiro atoms. The lowest BCUT2D eigenvalue weighted by molar-refractivity contribution is 0.203. The molecule has 140 valence electrons. The minimum atomic E-state index is -0.0850. The van der Waals surface area contributed by atoms with Crippen molar-refractivity contribution < 1.29 is 4.79 Å². The summed E-state index contributed by atoms with van der Waals surface area (Å²) in [6, 6.07) is 7.80. The number of hydrogen-bond acceptors (Lipinski definition) is 4. The second-order valence-electron chi connectivity index (χ2n) is 6.66. The van der Waals surface area contributed by atoms with Crippen molar-refractivity contribution in [1.82, 2.24) is 30.8 Å². The van der Waals surface area contributed by atoms with Gasteiger partial charge >= 0.3 is 6.03 Å². The van der Waals surface area contributed by atoms with E-state index >= 15 is 0 Å². The third-order valence-electron chi connectivity index (χ3n) is 4.70. The summed E-state index contributed by atoms with van der Waals surface area (Å²) in [5.74, 6) is 0. The summed E-state index contributed by atoms with van der Waals surface area (Å²) >= 11 is 6.27. The molecule has 2 aromatic rings. The zero-order chi connectivity index (χ0) is 18.7. The molecule has 1 aliphatic heterocycles. The molecule has 3 rings (SSSR count). The van der Waals surface area contributed by atoms with E-state index in [0.29, 0.717) is 13.1 Å². The third-order valence-corrected chi connectivity index (χ3v) is 5.07. The van der Waals surface area contributed by atoms with E-state index in [1.54, 1.807) is 11.9 Å². The maximum Gasteiger partial charge on any atom is 0.317 e.